The Labute approximate surface area is 82.6 Å². The maximum Gasteiger partial charge on any atom is 0.124 e. The molecule has 0 aromatic heterocycles. The molecule has 0 saturated carbocycles. The maximum atomic E-state index is 9.43. The van der Waals surface area contributed by atoms with Crippen molar-refractivity contribution in [2.24, 2.45) is 5.73 Å². The first kappa shape index (κ1) is 10.1. The lowest BCUT2D eigenvalue weighted by Crippen LogP contribution is -2.09. The minimum atomic E-state index is -0.0457. The number of halogens is 1. The van der Waals surface area contributed by atoms with E-state index in [1.807, 2.05) is 6.92 Å². The van der Waals surface area contributed by atoms with Gasteiger partial charge in [-0.15, -0.1) is 0 Å². The third kappa shape index (κ3) is 2.76. The van der Waals surface area contributed by atoms with Crippen LogP contribution in [0.25, 0.3) is 6.08 Å². The van der Waals surface area contributed by atoms with Crippen LogP contribution in [-0.2, 0) is 0 Å². The molecule has 13 heavy (non-hydrogen) atoms. The molecule has 2 nitrogen and oxygen atoms in total. The monoisotopic (exact) mass is 197 g/mol. The first-order valence-corrected chi connectivity index (χ1v) is 4.40. The Morgan fingerprint density at radius 3 is 2.77 bits per heavy atom. The predicted molar refractivity (Wildman–Crippen MR) is 55.8 cm³/mol. The third-order valence-electron chi connectivity index (χ3n) is 1.60. The molecule has 0 fully saturated rings. The Morgan fingerprint density at radius 2 is 2.23 bits per heavy atom. The summed E-state index contributed by atoms with van der Waals surface area (Å²) < 4.78 is 0. The minimum absolute atomic E-state index is 0.0457. The molecule has 0 saturated heterocycles. The average Bonchev–Trinajstić information content (AvgIpc) is 2.03. The summed E-state index contributed by atoms with van der Waals surface area (Å²) >= 11 is 5.86. The molecule has 0 aliphatic carbocycles. The summed E-state index contributed by atoms with van der Waals surface area (Å²) in [6.45, 7) is 1.85. The second-order valence-electron chi connectivity index (χ2n) is 2.89. The molecular formula is C10H12ClNO. The van der Waals surface area contributed by atoms with Gasteiger partial charge in [0.2, 0.25) is 0 Å². The number of phenols is 1. The van der Waals surface area contributed by atoms with Crippen molar-refractivity contribution in [1.82, 2.24) is 0 Å². The van der Waals surface area contributed by atoms with Crippen LogP contribution in [0.2, 0.25) is 5.02 Å². The van der Waals surface area contributed by atoms with Gasteiger partial charge in [-0.3, -0.25) is 0 Å². The summed E-state index contributed by atoms with van der Waals surface area (Å²) in [5, 5.41) is 9.95. The standard InChI is InChI=1S/C10H12ClNO/c1-7(12)5-6-8-9(11)3-2-4-10(8)13/h2-7,13H,12H2,1H3/b6-5+. The van der Waals surface area contributed by atoms with Gasteiger partial charge in [-0.05, 0) is 19.1 Å². The second-order valence-corrected chi connectivity index (χ2v) is 3.30. The third-order valence-corrected chi connectivity index (χ3v) is 1.93. The van der Waals surface area contributed by atoms with E-state index in [-0.39, 0.29) is 11.8 Å². The summed E-state index contributed by atoms with van der Waals surface area (Å²) in [6.07, 6.45) is 3.50. The molecule has 1 unspecified atom stereocenters. The largest absolute Gasteiger partial charge is 0.507 e. The van der Waals surface area contributed by atoms with Gasteiger partial charge in [0.15, 0.2) is 0 Å². The van der Waals surface area contributed by atoms with E-state index in [1.165, 1.54) is 0 Å². The number of aromatic hydroxyl groups is 1. The molecule has 70 valence electrons. The SMILES string of the molecule is CC(N)/C=C/c1c(O)cccc1Cl. The Balaban J connectivity index is 3.00. The Hall–Kier alpha value is -0.990. The number of benzene rings is 1. The molecule has 1 aromatic carbocycles. The molecule has 0 heterocycles. The number of hydrogen-bond donors (Lipinski definition) is 2. The quantitative estimate of drug-likeness (QED) is 0.765. The van der Waals surface area contributed by atoms with Crippen LogP contribution in [0.3, 0.4) is 0 Å². The molecule has 0 radical (unpaired) electrons. The maximum absolute atomic E-state index is 9.43. The van der Waals surface area contributed by atoms with Crippen LogP contribution in [0.5, 0.6) is 5.75 Å². The summed E-state index contributed by atoms with van der Waals surface area (Å²) in [5.41, 5.74) is 6.14. The molecule has 1 aromatic rings. The number of rotatable bonds is 2. The average molecular weight is 198 g/mol. The van der Waals surface area contributed by atoms with Gasteiger partial charge in [0, 0.05) is 11.6 Å². The molecule has 1 atom stereocenters. The summed E-state index contributed by atoms with van der Waals surface area (Å²) in [4.78, 5) is 0. The zero-order valence-corrected chi connectivity index (χ0v) is 8.12. The van der Waals surface area contributed by atoms with Crippen LogP contribution in [0, 0.1) is 0 Å². The van der Waals surface area contributed by atoms with Gasteiger partial charge < -0.3 is 10.8 Å². The van der Waals surface area contributed by atoms with Crippen LogP contribution in [0.15, 0.2) is 24.3 Å². The number of nitrogens with two attached hydrogens (primary N) is 1. The highest BCUT2D eigenvalue weighted by Crippen LogP contribution is 2.26. The van der Waals surface area contributed by atoms with Crippen LogP contribution < -0.4 is 5.73 Å². The summed E-state index contributed by atoms with van der Waals surface area (Å²) in [7, 11) is 0. The molecule has 3 heteroatoms. The van der Waals surface area contributed by atoms with Gasteiger partial charge in [-0.1, -0.05) is 29.8 Å². The molecule has 0 spiro atoms. The first-order valence-electron chi connectivity index (χ1n) is 4.02. The van der Waals surface area contributed by atoms with Gasteiger partial charge in [-0.25, -0.2) is 0 Å². The van der Waals surface area contributed by atoms with E-state index < -0.39 is 0 Å². The van der Waals surface area contributed by atoms with Gasteiger partial charge in [0.05, 0.1) is 5.02 Å². The smallest absolute Gasteiger partial charge is 0.124 e. The fraction of sp³-hybridized carbons (Fsp3) is 0.200. The van der Waals surface area contributed by atoms with Crippen molar-refractivity contribution < 1.29 is 5.11 Å². The highest BCUT2D eigenvalue weighted by atomic mass is 35.5. The minimum Gasteiger partial charge on any atom is -0.507 e. The van der Waals surface area contributed by atoms with E-state index in [1.54, 1.807) is 30.4 Å². The summed E-state index contributed by atoms with van der Waals surface area (Å²) in [5.74, 6) is 0.171. The van der Waals surface area contributed by atoms with Crippen molar-refractivity contribution >= 4 is 17.7 Å². The van der Waals surface area contributed by atoms with Crippen LogP contribution in [-0.4, -0.2) is 11.1 Å². The molecule has 0 aliphatic rings. The number of hydrogen-bond acceptors (Lipinski definition) is 2. The van der Waals surface area contributed by atoms with Gasteiger partial charge in [0.25, 0.3) is 0 Å². The highest BCUT2D eigenvalue weighted by molar-refractivity contribution is 6.32. The Morgan fingerprint density at radius 1 is 1.54 bits per heavy atom. The van der Waals surface area contributed by atoms with Crippen molar-refractivity contribution in [1.29, 1.82) is 0 Å². The number of phenolic OH excluding ortho intramolecular Hbond substituents is 1. The van der Waals surface area contributed by atoms with Crippen molar-refractivity contribution in [3.63, 3.8) is 0 Å². The zero-order chi connectivity index (χ0) is 9.84. The molecule has 1 rings (SSSR count). The van der Waals surface area contributed by atoms with E-state index in [0.717, 1.165) is 0 Å². The predicted octanol–water partition coefficient (Wildman–Crippen LogP) is 2.41. The van der Waals surface area contributed by atoms with Gasteiger partial charge in [0.1, 0.15) is 5.75 Å². The Bertz CT molecular complexity index is 300. The van der Waals surface area contributed by atoms with Crippen molar-refractivity contribution in [3.8, 4) is 5.75 Å². The second kappa shape index (κ2) is 4.30. The summed E-state index contributed by atoms with van der Waals surface area (Å²) in [6, 6.07) is 4.96. The van der Waals surface area contributed by atoms with Crippen molar-refractivity contribution in [3.05, 3.63) is 34.9 Å². The highest BCUT2D eigenvalue weighted by Gasteiger charge is 2.01. The molecule has 0 aliphatic heterocycles. The van der Waals surface area contributed by atoms with Crippen LogP contribution in [0.1, 0.15) is 12.5 Å². The fourth-order valence-electron chi connectivity index (χ4n) is 0.939. The first-order chi connectivity index (χ1) is 6.11. The Kier molecular flexibility index (Phi) is 3.34. The van der Waals surface area contributed by atoms with E-state index >= 15 is 0 Å². The topological polar surface area (TPSA) is 46.2 Å². The fourth-order valence-corrected chi connectivity index (χ4v) is 1.17. The molecular weight excluding hydrogens is 186 g/mol. The lowest BCUT2D eigenvalue weighted by atomic mass is 10.1. The molecule has 3 N–H and O–H groups in total. The molecule has 0 amide bonds. The zero-order valence-electron chi connectivity index (χ0n) is 7.37. The van der Waals surface area contributed by atoms with E-state index in [9.17, 15) is 5.11 Å². The van der Waals surface area contributed by atoms with Crippen LogP contribution >= 0.6 is 11.6 Å². The van der Waals surface area contributed by atoms with Gasteiger partial charge in [-0.2, -0.15) is 0 Å². The van der Waals surface area contributed by atoms with Gasteiger partial charge >= 0.3 is 0 Å². The lowest BCUT2D eigenvalue weighted by molar-refractivity contribution is 0.474. The van der Waals surface area contributed by atoms with Crippen LogP contribution in [0.4, 0.5) is 0 Å². The van der Waals surface area contributed by atoms with E-state index in [0.29, 0.717) is 10.6 Å². The van der Waals surface area contributed by atoms with E-state index in [4.69, 9.17) is 17.3 Å². The van der Waals surface area contributed by atoms with Crippen molar-refractivity contribution in [2.45, 2.75) is 13.0 Å². The molecule has 0 bridgehead atoms. The van der Waals surface area contributed by atoms with Crippen molar-refractivity contribution in [2.75, 3.05) is 0 Å². The van der Waals surface area contributed by atoms with E-state index in [2.05, 4.69) is 0 Å². The normalized spacial score (nSPS) is 13.5. The lowest BCUT2D eigenvalue weighted by Gasteiger charge is -2.01.